The summed E-state index contributed by atoms with van der Waals surface area (Å²) in [6.07, 6.45) is -0.108. The predicted octanol–water partition coefficient (Wildman–Crippen LogP) is 3.81. The normalized spacial score (nSPS) is 15.4. The van der Waals surface area contributed by atoms with E-state index in [1.165, 1.54) is 0 Å². The van der Waals surface area contributed by atoms with Gasteiger partial charge in [-0.05, 0) is 47.0 Å². The average molecular weight is 258 g/mol. The van der Waals surface area contributed by atoms with Crippen molar-refractivity contribution < 1.29 is 14.3 Å². The van der Waals surface area contributed by atoms with Gasteiger partial charge in [-0.15, -0.1) is 0 Å². The largest absolute Gasteiger partial charge is 0.463 e. The smallest absolute Gasteiger partial charge is 0.311 e. The fourth-order valence-corrected chi connectivity index (χ4v) is 1.26. The Morgan fingerprint density at radius 1 is 0.944 bits per heavy atom. The molecule has 0 aliphatic rings. The summed E-state index contributed by atoms with van der Waals surface area (Å²) in [5.41, 5.74) is -0.776. The number of hydrogen-bond donors (Lipinski definition) is 0. The molecular formula is C15H30O3. The van der Waals surface area contributed by atoms with Crippen molar-refractivity contribution in [3.63, 3.8) is 0 Å². The first-order valence-electron chi connectivity index (χ1n) is 6.58. The second-order valence-corrected chi connectivity index (χ2v) is 7.93. The molecule has 3 heteroatoms. The van der Waals surface area contributed by atoms with E-state index in [1.54, 1.807) is 0 Å². The van der Waals surface area contributed by atoms with E-state index in [0.717, 1.165) is 0 Å². The molecule has 3 nitrogen and oxygen atoms in total. The molecule has 108 valence electrons. The number of carbonyl (C=O) groups is 1. The molecule has 0 amide bonds. The van der Waals surface area contributed by atoms with Crippen molar-refractivity contribution in [1.82, 2.24) is 0 Å². The Bertz CT molecular complexity index is 274. The molecule has 0 spiro atoms. The Balaban J connectivity index is 4.60. The van der Waals surface area contributed by atoms with Gasteiger partial charge in [0.15, 0.2) is 0 Å². The van der Waals surface area contributed by atoms with Crippen LogP contribution in [0.1, 0.15) is 62.3 Å². The van der Waals surface area contributed by atoms with Gasteiger partial charge in [-0.2, -0.15) is 0 Å². The van der Waals surface area contributed by atoms with Gasteiger partial charge in [0, 0.05) is 0 Å². The minimum atomic E-state index is -0.468. The van der Waals surface area contributed by atoms with Crippen molar-refractivity contribution in [1.29, 1.82) is 0 Å². The lowest BCUT2D eigenvalue weighted by Crippen LogP contribution is -2.41. The summed E-state index contributed by atoms with van der Waals surface area (Å²) in [6.45, 7) is 18.2. The van der Waals surface area contributed by atoms with Gasteiger partial charge in [-0.1, -0.05) is 20.8 Å². The molecule has 0 heterocycles. The van der Waals surface area contributed by atoms with Crippen LogP contribution >= 0.6 is 0 Å². The standard InChI is InChI=1S/C15H30O3/c1-13(2,3)11(18-15(7,8)9)10-17-12(16)14(4,5)6/h11H,10H2,1-9H3. The van der Waals surface area contributed by atoms with Crippen LogP contribution in [0.3, 0.4) is 0 Å². The van der Waals surface area contributed by atoms with Crippen LogP contribution in [0.15, 0.2) is 0 Å². The van der Waals surface area contributed by atoms with Crippen LogP contribution in [-0.2, 0) is 14.3 Å². The Morgan fingerprint density at radius 2 is 1.39 bits per heavy atom. The first kappa shape index (κ1) is 17.4. The van der Waals surface area contributed by atoms with Crippen molar-refractivity contribution in [2.24, 2.45) is 10.8 Å². The Hall–Kier alpha value is -0.570. The fraction of sp³-hybridized carbons (Fsp3) is 0.933. The third-order valence-corrected chi connectivity index (χ3v) is 2.44. The second kappa shape index (κ2) is 5.60. The van der Waals surface area contributed by atoms with E-state index in [-0.39, 0.29) is 23.1 Å². The third-order valence-electron chi connectivity index (χ3n) is 2.44. The van der Waals surface area contributed by atoms with E-state index in [4.69, 9.17) is 9.47 Å². The lowest BCUT2D eigenvalue weighted by molar-refractivity contribution is -0.169. The Labute approximate surface area is 112 Å². The summed E-state index contributed by atoms with van der Waals surface area (Å²) in [7, 11) is 0. The fourth-order valence-electron chi connectivity index (χ4n) is 1.26. The number of carbonyl (C=O) groups excluding carboxylic acids is 1. The van der Waals surface area contributed by atoms with Gasteiger partial charge in [0.25, 0.3) is 0 Å². The molecule has 1 atom stereocenters. The number of ether oxygens (including phenoxy) is 2. The maximum Gasteiger partial charge on any atom is 0.311 e. The van der Waals surface area contributed by atoms with Crippen molar-refractivity contribution in [2.75, 3.05) is 6.61 Å². The van der Waals surface area contributed by atoms with Gasteiger partial charge < -0.3 is 9.47 Å². The van der Waals surface area contributed by atoms with Crippen molar-refractivity contribution in [2.45, 2.75) is 74.0 Å². The molecule has 0 saturated heterocycles. The molecule has 0 aromatic rings. The van der Waals surface area contributed by atoms with Crippen molar-refractivity contribution in [3.8, 4) is 0 Å². The quantitative estimate of drug-likeness (QED) is 0.722. The summed E-state index contributed by atoms with van der Waals surface area (Å²) in [5.74, 6) is -0.186. The number of esters is 1. The lowest BCUT2D eigenvalue weighted by Gasteiger charge is -2.36. The minimum absolute atomic E-state index is 0.0640. The lowest BCUT2D eigenvalue weighted by atomic mass is 9.88. The molecule has 0 saturated carbocycles. The van der Waals surface area contributed by atoms with Crippen LogP contribution in [0.25, 0.3) is 0 Å². The van der Waals surface area contributed by atoms with E-state index in [1.807, 2.05) is 41.5 Å². The average Bonchev–Trinajstić information content (AvgIpc) is 2.06. The van der Waals surface area contributed by atoms with Crippen molar-refractivity contribution in [3.05, 3.63) is 0 Å². The van der Waals surface area contributed by atoms with Gasteiger partial charge in [-0.3, -0.25) is 4.79 Å². The zero-order valence-electron chi connectivity index (χ0n) is 13.5. The van der Waals surface area contributed by atoms with Gasteiger partial charge in [0.1, 0.15) is 6.61 Å². The second-order valence-electron chi connectivity index (χ2n) is 7.93. The highest BCUT2D eigenvalue weighted by Crippen LogP contribution is 2.27. The molecule has 18 heavy (non-hydrogen) atoms. The first-order chi connectivity index (χ1) is 7.73. The molecule has 0 fully saturated rings. The van der Waals surface area contributed by atoms with Gasteiger partial charge in [0.2, 0.25) is 0 Å². The summed E-state index contributed by atoms with van der Waals surface area (Å²) in [4.78, 5) is 11.8. The van der Waals surface area contributed by atoms with Gasteiger partial charge in [0.05, 0.1) is 17.1 Å². The van der Waals surface area contributed by atoms with Crippen LogP contribution in [0.4, 0.5) is 0 Å². The van der Waals surface area contributed by atoms with Gasteiger partial charge in [-0.25, -0.2) is 0 Å². The third kappa shape index (κ3) is 7.00. The van der Waals surface area contributed by atoms with Gasteiger partial charge >= 0.3 is 5.97 Å². The summed E-state index contributed by atoms with van der Waals surface area (Å²) < 4.78 is 11.4. The van der Waals surface area contributed by atoms with E-state index < -0.39 is 5.41 Å². The van der Waals surface area contributed by atoms with Crippen LogP contribution in [0.5, 0.6) is 0 Å². The zero-order chi connectivity index (χ0) is 14.8. The highest BCUT2D eigenvalue weighted by atomic mass is 16.6. The summed E-state index contributed by atoms with van der Waals surface area (Å²) in [5, 5.41) is 0. The molecule has 0 aromatic heterocycles. The first-order valence-corrected chi connectivity index (χ1v) is 6.58. The molecule has 0 N–H and O–H groups in total. The summed E-state index contributed by atoms with van der Waals surface area (Å²) >= 11 is 0. The maximum atomic E-state index is 11.8. The molecule has 1 unspecified atom stereocenters. The zero-order valence-corrected chi connectivity index (χ0v) is 13.5. The molecule has 0 aliphatic heterocycles. The van der Waals surface area contributed by atoms with E-state index in [9.17, 15) is 4.79 Å². The van der Waals surface area contributed by atoms with Crippen molar-refractivity contribution >= 4 is 5.97 Å². The minimum Gasteiger partial charge on any atom is -0.463 e. The van der Waals surface area contributed by atoms with E-state index in [2.05, 4.69) is 20.8 Å². The molecule has 0 aromatic carbocycles. The van der Waals surface area contributed by atoms with E-state index in [0.29, 0.717) is 6.61 Å². The van der Waals surface area contributed by atoms with E-state index >= 15 is 0 Å². The van der Waals surface area contributed by atoms with Crippen LogP contribution in [-0.4, -0.2) is 24.3 Å². The molecule has 0 radical (unpaired) electrons. The Kier molecular flexibility index (Phi) is 5.42. The SMILES string of the molecule is CC(C)(C)OC(COC(=O)C(C)(C)C)C(C)(C)C. The van der Waals surface area contributed by atoms with Crippen LogP contribution in [0, 0.1) is 10.8 Å². The molecule has 0 aliphatic carbocycles. The maximum absolute atomic E-state index is 11.8. The molecular weight excluding hydrogens is 228 g/mol. The van der Waals surface area contributed by atoms with Crippen LogP contribution < -0.4 is 0 Å². The monoisotopic (exact) mass is 258 g/mol. The predicted molar refractivity (Wildman–Crippen MR) is 74.5 cm³/mol. The topological polar surface area (TPSA) is 35.5 Å². The van der Waals surface area contributed by atoms with Crippen LogP contribution in [0.2, 0.25) is 0 Å². The highest BCUT2D eigenvalue weighted by molar-refractivity contribution is 5.75. The molecule has 0 rings (SSSR count). The number of hydrogen-bond acceptors (Lipinski definition) is 3. The number of rotatable bonds is 3. The Morgan fingerprint density at radius 3 is 1.67 bits per heavy atom. The molecule has 0 bridgehead atoms. The highest BCUT2D eigenvalue weighted by Gasteiger charge is 2.32. The summed E-state index contributed by atoms with van der Waals surface area (Å²) in [6, 6.07) is 0.